The Bertz CT molecular complexity index is 856. The Balaban J connectivity index is 1.77. The molecule has 120 valence electrons. The number of hydrogen-bond donors (Lipinski definition) is 1. The fourth-order valence-electron chi connectivity index (χ4n) is 2.87. The first-order chi connectivity index (χ1) is 11.0. The fourth-order valence-corrected chi connectivity index (χ4v) is 4.45. The summed E-state index contributed by atoms with van der Waals surface area (Å²) in [6, 6.07) is 12.8. The predicted molar refractivity (Wildman–Crippen MR) is 89.2 cm³/mol. The third-order valence-corrected chi connectivity index (χ3v) is 6.11. The second-order valence-corrected chi connectivity index (χ2v) is 7.93. The Morgan fingerprint density at radius 1 is 1.17 bits per heavy atom. The highest BCUT2D eigenvalue weighted by Crippen LogP contribution is 2.25. The number of hydrogen-bond acceptors (Lipinski definition) is 3. The van der Waals surface area contributed by atoms with Crippen molar-refractivity contribution >= 4 is 15.7 Å². The number of fused-ring (bicyclic) bond motifs is 1. The van der Waals surface area contributed by atoms with Crippen molar-refractivity contribution in [2.75, 3.05) is 5.75 Å². The van der Waals surface area contributed by atoms with E-state index in [-0.39, 0.29) is 11.7 Å². The van der Waals surface area contributed by atoms with E-state index in [0.29, 0.717) is 29.8 Å². The molecule has 2 aromatic carbocycles. The number of benzene rings is 2. The summed E-state index contributed by atoms with van der Waals surface area (Å²) in [6.07, 6.45) is 1.32. The molecule has 0 spiro atoms. The van der Waals surface area contributed by atoms with Gasteiger partial charge in [-0.25, -0.2) is 8.42 Å². The molecule has 1 aliphatic rings. The molecule has 5 heteroatoms. The van der Waals surface area contributed by atoms with Crippen molar-refractivity contribution in [2.45, 2.75) is 31.2 Å². The molecule has 3 rings (SSSR count). The van der Waals surface area contributed by atoms with E-state index >= 15 is 0 Å². The van der Waals surface area contributed by atoms with Gasteiger partial charge in [0.1, 0.15) is 0 Å². The summed E-state index contributed by atoms with van der Waals surface area (Å²) in [4.78, 5) is 12.7. The molecule has 0 fully saturated rings. The lowest BCUT2D eigenvalue weighted by Gasteiger charge is -2.17. The molecule has 0 unspecified atom stereocenters. The van der Waals surface area contributed by atoms with Crippen LogP contribution in [0.2, 0.25) is 0 Å². The van der Waals surface area contributed by atoms with Crippen LogP contribution in [0.3, 0.4) is 0 Å². The number of amides is 1. The first kappa shape index (κ1) is 15.7. The highest BCUT2D eigenvalue weighted by Gasteiger charge is 2.24. The fraction of sp³-hybridized carbons (Fsp3) is 0.278. The summed E-state index contributed by atoms with van der Waals surface area (Å²) in [6.45, 7) is 2.46. The number of carbonyl (C=O) groups excluding carboxylic acids is 1. The van der Waals surface area contributed by atoms with Gasteiger partial charge in [-0.15, -0.1) is 0 Å². The minimum Gasteiger partial charge on any atom is -0.348 e. The minimum atomic E-state index is -3.18. The molecule has 0 bridgehead atoms. The second kappa shape index (κ2) is 6.16. The lowest BCUT2D eigenvalue weighted by atomic mass is 10.1. The topological polar surface area (TPSA) is 63.2 Å². The third kappa shape index (κ3) is 3.29. The maximum atomic E-state index is 12.3. The molecule has 0 radical (unpaired) electrons. The lowest BCUT2D eigenvalue weighted by molar-refractivity contribution is 0.0950. The molecule has 0 atom stereocenters. The normalized spacial score (nSPS) is 15.7. The summed E-state index contributed by atoms with van der Waals surface area (Å²) in [5.41, 5.74) is 3.46. The number of rotatable bonds is 3. The Morgan fingerprint density at radius 3 is 2.74 bits per heavy atom. The molecular formula is C18H19NO3S. The van der Waals surface area contributed by atoms with Gasteiger partial charge in [-0.05, 0) is 54.7 Å². The van der Waals surface area contributed by atoms with Gasteiger partial charge < -0.3 is 5.32 Å². The van der Waals surface area contributed by atoms with Crippen molar-refractivity contribution in [3.8, 4) is 0 Å². The van der Waals surface area contributed by atoms with Gasteiger partial charge in [0.25, 0.3) is 5.91 Å². The molecule has 1 aliphatic heterocycles. The van der Waals surface area contributed by atoms with E-state index in [9.17, 15) is 13.2 Å². The number of aryl methyl sites for hydroxylation is 2. The average molecular weight is 329 g/mol. The molecule has 0 saturated carbocycles. The monoisotopic (exact) mass is 329 g/mol. The molecule has 1 heterocycles. The molecule has 2 aromatic rings. The van der Waals surface area contributed by atoms with Crippen LogP contribution in [-0.4, -0.2) is 20.1 Å². The molecule has 1 amide bonds. The largest absolute Gasteiger partial charge is 0.348 e. The van der Waals surface area contributed by atoms with Crippen molar-refractivity contribution in [1.29, 1.82) is 0 Å². The van der Waals surface area contributed by atoms with E-state index in [1.54, 1.807) is 18.2 Å². The van der Waals surface area contributed by atoms with Crippen LogP contribution in [-0.2, 0) is 22.8 Å². The molecule has 0 saturated heterocycles. The molecule has 23 heavy (non-hydrogen) atoms. The van der Waals surface area contributed by atoms with Crippen molar-refractivity contribution in [1.82, 2.24) is 5.32 Å². The number of nitrogens with one attached hydrogen (secondary N) is 1. The Kier molecular flexibility index (Phi) is 4.22. The molecule has 0 aliphatic carbocycles. The molecular weight excluding hydrogens is 310 g/mol. The average Bonchev–Trinajstić information content (AvgIpc) is 2.53. The Labute approximate surface area is 136 Å². The van der Waals surface area contributed by atoms with E-state index in [0.717, 1.165) is 16.7 Å². The van der Waals surface area contributed by atoms with E-state index in [4.69, 9.17) is 0 Å². The quantitative estimate of drug-likeness (QED) is 0.941. The van der Waals surface area contributed by atoms with Crippen molar-refractivity contribution < 1.29 is 13.2 Å². The van der Waals surface area contributed by atoms with Gasteiger partial charge in [-0.3, -0.25) is 4.79 Å². The predicted octanol–water partition coefficient (Wildman–Crippen LogP) is 2.64. The summed E-state index contributed by atoms with van der Waals surface area (Å²) < 4.78 is 24.0. The van der Waals surface area contributed by atoms with Gasteiger partial charge in [0.15, 0.2) is 9.84 Å². The van der Waals surface area contributed by atoms with Gasteiger partial charge >= 0.3 is 0 Å². The van der Waals surface area contributed by atoms with Crippen LogP contribution in [0.1, 0.15) is 33.5 Å². The lowest BCUT2D eigenvalue weighted by Crippen LogP contribution is -2.24. The van der Waals surface area contributed by atoms with Crippen molar-refractivity contribution in [3.63, 3.8) is 0 Å². The maximum absolute atomic E-state index is 12.3. The first-order valence-electron chi connectivity index (χ1n) is 7.66. The van der Waals surface area contributed by atoms with Crippen LogP contribution in [0.4, 0.5) is 0 Å². The SMILES string of the molecule is Cc1ccccc1CNC(=O)c1ccc2c(c1)CCCS2(=O)=O. The standard InChI is InChI=1S/C18H19NO3S/c1-13-5-2-3-6-16(13)12-19-18(20)15-8-9-17-14(11-15)7-4-10-23(17,21)22/h2-3,5-6,8-9,11H,4,7,10,12H2,1H3,(H,19,20). The van der Waals surface area contributed by atoms with Crippen molar-refractivity contribution in [2.24, 2.45) is 0 Å². The van der Waals surface area contributed by atoms with E-state index < -0.39 is 9.84 Å². The minimum absolute atomic E-state index is 0.181. The van der Waals surface area contributed by atoms with Crippen LogP contribution in [0, 0.1) is 6.92 Å². The maximum Gasteiger partial charge on any atom is 0.251 e. The van der Waals surface area contributed by atoms with Crippen LogP contribution in [0.25, 0.3) is 0 Å². The van der Waals surface area contributed by atoms with Gasteiger partial charge in [-0.2, -0.15) is 0 Å². The van der Waals surface area contributed by atoms with Gasteiger partial charge in [-0.1, -0.05) is 24.3 Å². The second-order valence-electron chi connectivity index (χ2n) is 5.85. The smallest absolute Gasteiger partial charge is 0.251 e. The number of sulfone groups is 1. The summed E-state index contributed by atoms with van der Waals surface area (Å²) in [7, 11) is -3.18. The van der Waals surface area contributed by atoms with Gasteiger partial charge in [0.05, 0.1) is 10.6 Å². The van der Waals surface area contributed by atoms with Crippen LogP contribution in [0.5, 0.6) is 0 Å². The van der Waals surface area contributed by atoms with E-state index in [1.165, 1.54) is 0 Å². The van der Waals surface area contributed by atoms with Crippen LogP contribution in [0.15, 0.2) is 47.4 Å². The zero-order valence-corrected chi connectivity index (χ0v) is 13.8. The third-order valence-electron chi connectivity index (χ3n) is 4.22. The van der Waals surface area contributed by atoms with Gasteiger partial charge in [0, 0.05) is 12.1 Å². The Hall–Kier alpha value is -2.14. The zero-order valence-electron chi connectivity index (χ0n) is 13.0. The molecule has 0 aromatic heterocycles. The van der Waals surface area contributed by atoms with Crippen LogP contribution < -0.4 is 5.32 Å². The van der Waals surface area contributed by atoms with Gasteiger partial charge in [0.2, 0.25) is 0 Å². The summed E-state index contributed by atoms with van der Waals surface area (Å²) >= 11 is 0. The molecule has 1 N–H and O–H groups in total. The van der Waals surface area contributed by atoms with Crippen molar-refractivity contribution in [3.05, 3.63) is 64.7 Å². The number of carbonyl (C=O) groups is 1. The zero-order chi connectivity index (χ0) is 16.4. The highest BCUT2D eigenvalue weighted by atomic mass is 32.2. The van der Waals surface area contributed by atoms with E-state index in [1.807, 2.05) is 31.2 Å². The first-order valence-corrected chi connectivity index (χ1v) is 9.31. The summed E-state index contributed by atoms with van der Waals surface area (Å²) in [5.74, 6) is 0.0118. The van der Waals surface area contributed by atoms with Crippen LogP contribution >= 0.6 is 0 Å². The van der Waals surface area contributed by atoms with E-state index in [2.05, 4.69) is 5.32 Å². The summed E-state index contributed by atoms with van der Waals surface area (Å²) in [5, 5.41) is 2.90. The molecule has 4 nitrogen and oxygen atoms in total. The highest BCUT2D eigenvalue weighted by molar-refractivity contribution is 7.91. The Morgan fingerprint density at radius 2 is 1.96 bits per heavy atom.